The highest BCUT2D eigenvalue weighted by atomic mass is 16.5. The first kappa shape index (κ1) is 20.5. The Morgan fingerprint density at radius 2 is 1.72 bits per heavy atom. The van der Waals surface area contributed by atoms with Gasteiger partial charge >= 0.3 is 0 Å². The number of fused-ring (bicyclic) bond motifs is 1. The van der Waals surface area contributed by atoms with Gasteiger partial charge in [0.15, 0.2) is 11.5 Å². The van der Waals surface area contributed by atoms with E-state index in [1.807, 2.05) is 18.2 Å². The quantitative estimate of drug-likeness (QED) is 0.628. The van der Waals surface area contributed by atoms with Crippen LogP contribution in [0.3, 0.4) is 0 Å². The molecule has 154 valence electrons. The van der Waals surface area contributed by atoms with Crippen LogP contribution in [-0.2, 0) is 6.42 Å². The topological polar surface area (TPSA) is 74.6 Å². The molecule has 29 heavy (non-hydrogen) atoms. The van der Waals surface area contributed by atoms with Crippen LogP contribution in [0.1, 0.15) is 36.1 Å². The van der Waals surface area contributed by atoms with Crippen molar-refractivity contribution < 1.29 is 19.0 Å². The number of benzene rings is 2. The summed E-state index contributed by atoms with van der Waals surface area (Å²) in [6, 6.07) is 11.6. The van der Waals surface area contributed by atoms with Gasteiger partial charge in [0.05, 0.1) is 32.4 Å². The second-order valence-corrected chi connectivity index (χ2v) is 6.90. The van der Waals surface area contributed by atoms with Crippen LogP contribution in [0.25, 0.3) is 11.0 Å². The van der Waals surface area contributed by atoms with E-state index in [1.165, 1.54) is 21.3 Å². The zero-order valence-corrected chi connectivity index (χ0v) is 17.5. The normalized spacial score (nSPS) is 11.0. The molecule has 1 aromatic heterocycles. The van der Waals surface area contributed by atoms with Crippen LogP contribution in [-0.4, -0.2) is 43.3 Å². The number of methoxy groups -OCH3 is 3. The SMILES string of the molecule is COc1cc(C(=O)NCCc2nc3ccccc3n2C(C)C)cc(OC)c1OC. The summed E-state index contributed by atoms with van der Waals surface area (Å²) in [5.41, 5.74) is 2.51. The molecule has 0 bridgehead atoms. The summed E-state index contributed by atoms with van der Waals surface area (Å²) in [5, 5.41) is 2.95. The number of rotatable bonds is 8. The molecule has 1 heterocycles. The number of nitrogens with one attached hydrogen (secondary N) is 1. The molecule has 3 aromatic rings. The van der Waals surface area contributed by atoms with Gasteiger partial charge in [-0.25, -0.2) is 4.98 Å². The molecule has 0 aliphatic rings. The Morgan fingerprint density at radius 3 is 2.31 bits per heavy atom. The van der Waals surface area contributed by atoms with E-state index in [4.69, 9.17) is 19.2 Å². The molecule has 0 saturated carbocycles. The van der Waals surface area contributed by atoms with Gasteiger partial charge in [0.1, 0.15) is 5.82 Å². The molecule has 3 rings (SSSR count). The van der Waals surface area contributed by atoms with Crippen molar-refractivity contribution in [3.8, 4) is 17.2 Å². The average Bonchev–Trinajstić information content (AvgIpc) is 3.10. The van der Waals surface area contributed by atoms with Gasteiger partial charge in [0, 0.05) is 24.6 Å². The molecule has 2 aromatic carbocycles. The summed E-state index contributed by atoms with van der Waals surface area (Å²) >= 11 is 0. The van der Waals surface area contributed by atoms with E-state index in [0.29, 0.717) is 35.8 Å². The molecule has 1 N–H and O–H groups in total. The Balaban J connectivity index is 1.75. The van der Waals surface area contributed by atoms with E-state index < -0.39 is 0 Å². The minimum Gasteiger partial charge on any atom is -0.493 e. The van der Waals surface area contributed by atoms with Gasteiger partial charge in [0.25, 0.3) is 5.91 Å². The fourth-order valence-corrected chi connectivity index (χ4v) is 3.45. The molecular weight excluding hydrogens is 370 g/mol. The van der Waals surface area contributed by atoms with E-state index in [-0.39, 0.29) is 11.9 Å². The number of hydrogen-bond acceptors (Lipinski definition) is 5. The smallest absolute Gasteiger partial charge is 0.251 e. The predicted octanol–water partition coefficient (Wildman–Crippen LogP) is 3.62. The van der Waals surface area contributed by atoms with Crippen LogP contribution < -0.4 is 19.5 Å². The van der Waals surface area contributed by atoms with Crippen LogP contribution in [0.5, 0.6) is 17.2 Å². The van der Waals surface area contributed by atoms with Crippen molar-refractivity contribution in [1.82, 2.24) is 14.9 Å². The lowest BCUT2D eigenvalue weighted by Crippen LogP contribution is -2.26. The molecule has 0 spiro atoms. The Kier molecular flexibility index (Phi) is 6.26. The lowest BCUT2D eigenvalue weighted by Gasteiger charge is -2.15. The van der Waals surface area contributed by atoms with Crippen LogP contribution in [0.15, 0.2) is 36.4 Å². The minimum absolute atomic E-state index is 0.212. The minimum atomic E-state index is -0.212. The first-order chi connectivity index (χ1) is 14.0. The number of para-hydroxylation sites is 2. The van der Waals surface area contributed by atoms with Gasteiger partial charge in [-0.3, -0.25) is 4.79 Å². The molecule has 0 radical (unpaired) electrons. The molecule has 7 heteroatoms. The highest BCUT2D eigenvalue weighted by Gasteiger charge is 2.17. The third kappa shape index (κ3) is 4.13. The maximum absolute atomic E-state index is 12.7. The fraction of sp³-hybridized carbons (Fsp3) is 0.364. The Labute approximate surface area is 170 Å². The average molecular weight is 397 g/mol. The van der Waals surface area contributed by atoms with Gasteiger partial charge in [-0.15, -0.1) is 0 Å². The van der Waals surface area contributed by atoms with E-state index in [2.05, 4.69) is 29.8 Å². The van der Waals surface area contributed by atoms with Crippen molar-refractivity contribution in [2.24, 2.45) is 0 Å². The third-order valence-corrected chi connectivity index (χ3v) is 4.75. The van der Waals surface area contributed by atoms with E-state index >= 15 is 0 Å². The van der Waals surface area contributed by atoms with Gasteiger partial charge in [0.2, 0.25) is 5.75 Å². The van der Waals surface area contributed by atoms with Crippen LogP contribution in [0.2, 0.25) is 0 Å². The van der Waals surface area contributed by atoms with Gasteiger partial charge in [-0.05, 0) is 38.1 Å². The Bertz CT molecular complexity index is 985. The zero-order valence-electron chi connectivity index (χ0n) is 17.5. The summed E-state index contributed by atoms with van der Waals surface area (Å²) < 4.78 is 18.2. The molecule has 1 amide bonds. The van der Waals surface area contributed by atoms with E-state index in [1.54, 1.807) is 12.1 Å². The molecular formula is C22H27N3O4. The van der Waals surface area contributed by atoms with Gasteiger partial charge in [-0.2, -0.15) is 0 Å². The van der Waals surface area contributed by atoms with E-state index in [9.17, 15) is 4.79 Å². The monoisotopic (exact) mass is 397 g/mol. The lowest BCUT2D eigenvalue weighted by molar-refractivity contribution is 0.0953. The zero-order chi connectivity index (χ0) is 21.0. The fourth-order valence-electron chi connectivity index (χ4n) is 3.45. The lowest BCUT2D eigenvalue weighted by atomic mass is 10.1. The number of amides is 1. The number of imidazole rings is 1. The van der Waals surface area contributed by atoms with Gasteiger partial charge in [-0.1, -0.05) is 12.1 Å². The van der Waals surface area contributed by atoms with Crippen molar-refractivity contribution in [3.63, 3.8) is 0 Å². The number of aromatic nitrogens is 2. The van der Waals surface area contributed by atoms with Crippen molar-refractivity contribution >= 4 is 16.9 Å². The predicted molar refractivity (Wildman–Crippen MR) is 112 cm³/mol. The summed E-state index contributed by atoms with van der Waals surface area (Å²) in [4.78, 5) is 17.4. The summed E-state index contributed by atoms with van der Waals surface area (Å²) in [6.07, 6.45) is 0.628. The van der Waals surface area contributed by atoms with Crippen LogP contribution in [0.4, 0.5) is 0 Å². The number of ether oxygens (including phenoxy) is 3. The van der Waals surface area contributed by atoms with Crippen LogP contribution >= 0.6 is 0 Å². The second-order valence-electron chi connectivity index (χ2n) is 6.90. The van der Waals surface area contributed by atoms with Crippen LogP contribution in [0, 0.1) is 0 Å². The van der Waals surface area contributed by atoms with Crippen molar-refractivity contribution in [2.75, 3.05) is 27.9 Å². The maximum atomic E-state index is 12.7. The highest BCUT2D eigenvalue weighted by Crippen LogP contribution is 2.38. The molecule has 0 aliphatic heterocycles. The summed E-state index contributed by atoms with van der Waals surface area (Å²) in [6.45, 7) is 4.73. The van der Waals surface area contributed by atoms with E-state index in [0.717, 1.165) is 16.9 Å². The molecule has 0 saturated heterocycles. The third-order valence-electron chi connectivity index (χ3n) is 4.75. The summed E-state index contributed by atoms with van der Waals surface area (Å²) in [5.74, 6) is 2.08. The first-order valence-corrected chi connectivity index (χ1v) is 9.54. The first-order valence-electron chi connectivity index (χ1n) is 9.54. The maximum Gasteiger partial charge on any atom is 0.251 e. The molecule has 7 nitrogen and oxygen atoms in total. The summed E-state index contributed by atoms with van der Waals surface area (Å²) in [7, 11) is 4.58. The Hall–Kier alpha value is -3.22. The molecule has 0 fully saturated rings. The number of hydrogen-bond donors (Lipinski definition) is 1. The second kappa shape index (κ2) is 8.86. The molecule has 0 unspecified atom stereocenters. The van der Waals surface area contributed by atoms with Crippen molar-refractivity contribution in [2.45, 2.75) is 26.3 Å². The van der Waals surface area contributed by atoms with Crippen molar-refractivity contribution in [3.05, 3.63) is 47.8 Å². The molecule has 0 atom stereocenters. The standard InChI is InChI=1S/C22H27N3O4/c1-14(2)25-17-9-7-6-8-16(17)24-20(25)10-11-23-22(26)15-12-18(27-3)21(29-5)19(13-15)28-4/h6-9,12-14H,10-11H2,1-5H3,(H,23,26). The van der Waals surface area contributed by atoms with Gasteiger partial charge < -0.3 is 24.1 Å². The Morgan fingerprint density at radius 1 is 1.07 bits per heavy atom. The molecule has 0 aliphatic carbocycles. The largest absolute Gasteiger partial charge is 0.493 e. The number of carbonyl (C=O) groups excluding carboxylic acids is 1. The number of nitrogens with zero attached hydrogens (tertiary/aromatic N) is 2. The van der Waals surface area contributed by atoms with Crippen molar-refractivity contribution in [1.29, 1.82) is 0 Å². The highest BCUT2D eigenvalue weighted by molar-refractivity contribution is 5.95. The number of carbonyl (C=O) groups is 1.